The number of nitrogens with one attached hydrogen (secondary N) is 1. The van der Waals surface area contributed by atoms with E-state index in [-0.39, 0.29) is 29.7 Å². The van der Waals surface area contributed by atoms with Crippen molar-refractivity contribution in [3.8, 4) is 5.75 Å². The summed E-state index contributed by atoms with van der Waals surface area (Å²) in [6.45, 7) is 4.27. The molecule has 1 aromatic heterocycles. The van der Waals surface area contributed by atoms with E-state index < -0.39 is 0 Å². The predicted octanol–water partition coefficient (Wildman–Crippen LogP) is 2.33. The fourth-order valence-corrected chi connectivity index (χ4v) is 4.70. The van der Waals surface area contributed by atoms with Crippen LogP contribution < -0.4 is 4.74 Å². The number of nitrogens with zero attached hydrogens (tertiary/aromatic N) is 4. The number of H-pyrrole nitrogens is 1. The summed E-state index contributed by atoms with van der Waals surface area (Å²) in [7, 11) is 2.06. The third-order valence-electron chi connectivity index (χ3n) is 6.82. The lowest BCUT2D eigenvalue weighted by atomic mass is 9.90. The fraction of sp³-hybridized carbons (Fsp3) is 0.560. The van der Waals surface area contributed by atoms with Gasteiger partial charge in [0.05, 0.1) is 6.20 Å². The zero-order valence-corrected chi connectivity index (χ0v) is 19.8. The number of halogens is 1. The van der Waals surface area contributed by atoms with Gasteiger partial charge in [-0.3, -0.25) is 14.7 Å². The first-order chi connectivity index (χ1) is 16.5. The second-order valence-corrected chi connectivity index (χ2v) is 9.35. The fourth-order valence-electron chi connectivity index (χ4n) is 4.70. The van der Waals surface area contributed by atoms with E-state index in [1.54, 1.807) is 18.3 Å². The number of aryl methyl sites for hydroxylation is 1. The van der Waals surface area contributed by atoms with Gasteiger partial charge in [0, 0.05) is 70.6 Å². The van der Waals surface area contributed by atoms with Gasteiger partial charge in [0.2, 0.25) is 11.8 Å². The third kappa shape index (κ3) is 6.56. The second kappa shape index (κ2) is 11.5. The van der Waals surface area contributed by atoms with Gasteiger partial charge >= 0.3 is 0 Å². The van der Waals surface area contributed by atoms with Gasteiger partial charge in [0.25, 0.3) is 0 Å². The highest BCUT2D eigenvalue weighted by atomic mass is 19.1. The van der Waals surface area contributed by atoms with E-state index in [9.17, 15) is 14.0 Å². The molecule has 2 saturated heterocycles. The summed E-state index contributed by atoms with van der Waals surface area (Å²) in [6.07, 6.45) is 6.45. The molecular formula is C25H34FN5O3. The van der Waals surface area contributed by atoms with E-state index in [0.717, 1.165) is 44.6 Å². The minimum absolute atomic E-state index is 0.108. The third-order valence-corrected chi connectivity index (χ3v) is 6.82. The minimum atomic E-state index is -0.315. The number of piperazine rings is 1. The molecule has 1 aromatic carbocycles. The zero-order valence-electron chi connectivity index (χ0n) is 19.8. The molecule has 0 aliphatic carbocycles. The van der Waals surface area contributed by atoms with Gasteiger partial charge in [-0.1, -0.05) is 0 Å². The summed E-state index contributed by atoms with van der Waals surface area (Å²) in [6, 6.07) is 5.97. The Morgan fingerprint density at radius 2 is 1.85 bits per heavy atom. The number of rotatable bonds is 8. The summed E-state index contributed by atoms with van der Waals surface area (Å²) in [5, 5.41) is 6.74. The molecule has 2 aromatic rings. The number of carbonyl (C=O) groups is 2. The summed E-state index contributed by atoms with van der Waals surface area (Å²) < 4.78 is 19.5. The molecule has 9 heteroatoms. The molecule has 2 atom stereocenters. The predicted molar refractivity (Wildman–Crippen MR) is 126 cm³/mol. The van der Waals surface area contributed by atoms with Crippen molar-refractivity contribution in [1.29, 1.82) is 0 Å². The van der Waals surface area contributed by atoms with Crippen LogP contribution in [0.15, 0.2) is 36.7 Å². The SMILES string of the molecule is CN1CCN(C(=O)C[C@H]2CN(C(=O)CCCc3cn[nH]c3)CC[C@@H]2Oc2ccc(F)cc2)CC1. The van der Waals surface area contributed by atoms with E-state index in [0.29, 0.717) is 38.1 Å². The van der Waals surface area contributed by atoms with E-state index in [1.807, 2.05) is 16.0 Å². The van der Waals surface area contributed by atoms with Crippen LogP contribution in [-0.4, -0.2) is 89.1 Å². The van der Waals surface area contributed by atoms with Crippen LogP contribution in [0, 0.1) is 11.7 Å². The van der Waals surface area contributed by atoms with Crippen LogP contribution in [0.25, 0.3) is 0 Å². The van der Waals surface area contributed by atoms with Crippen molar-refractivity contribution in [2.45, 2.75) is 38.2 Å². The van der Waals surface area contributed by atoms with Gasteiger partial charge < -0.3 is 19.4 Å². The number of ether oxygens (including phenoxy) is 1. The van der Waals surface area contributed by atoms with Gasteiger partial charge in [-0.2, -0.15) is 5.10 Å². The quantitative estimate of drug-likeness (QED) is 0.639. The smallest absolute Gasteiger partial charge is 0.223 e. The molecule has 0 saturated carbocycles. The highest BCUT2D eigenvalue weighted by molar-refractivity contribution is 5.78. The molecule has 2 amide bonds. The number of likely N-dealkylation sites (tertiary alicyclic amines) is 1. The van der Waals surface area contributed by atoms with Crippen LogP contribution in [0.2, 0.25) is 0 Å². The molecule has 8 nitrogen and oxygen atoms in total. The Morgan fingerprint density at radius 1 is 1.09 bits per heavy atom. The number of benzene rings is 1. The number of hydrogen-bond acceptors (Lipinski definition) is 5. The summed E-state index contributed by atoms with van der Waals surface area (Å²) in [5.41, 5.74) is 1.09. The van der Waals surface area contributed by atoms with Crippen molar-refractivity contribution >= 4 is 11.8 Å². The molecule has 1 N–H and O–H groups in total. The number of carbonyl (C=O) groups excluding carboxylic acids is 2. The van der Waals surface area contributed by atoms with Crippen LogP contribution in [0.4, 0.5) is 4.39 Å². The standard InChI is InChI=1S/C25H34FN5O3/c1-29-11-13-30(14-12-29)25(33)15-20-18-31(24(32)4-2-3-19-16-27-28-17-19)10-9-23(20)34-22-7-5-21(26)6-8-22/h5-8,16-17,20,23H,2-4,9-15,18H2,1H3,(H,27,28)/t20-,23-/m0/s1. The molecule has 2 aliphatic heterocycles. The first-order valence-corrected chi connectivity index (χ1v) is 12.1. The maximum Gasteiger partial charge on any atom is 0.223 e. The van der Waals surface area contributed by atoms with E-state index in [1.165, 1.54) is 12.1 Å². The molecule has 4 rings (SSSR count). The molecule has 0 bridgehead atoms. The summed E-state index contributed by atoms with van der Waals surface area (Å²) >= 11 is 0. The molecule has 2 aliphatic rings. The number of hydrogen-bond donors (Lipinski definition) is 1. The first kappa shape index (κ1) is 24.2. The van der Waals surface area contributed by atoms with Crippen molar-refractivity contribution in [3.05, 3.63) is 48.0 Å². The van der Waals surface area contributed by atoms with Gasteiger partial charge in [-0.15, -0.1) is 0 Å². The molecule has 3 heterocycles. The van der Waals surface area contributed by atoms with Crippen LogP contribution in [0.3, 0.4) is 0 Å². The maximum absolute atomic E-state index is 13.3. The van der Waals surface area contributed by atoms with Crippen LogP contribution in [0.5, 0.6) is 5.75 Å². The largest absolute Gasteiger partial charge is 0.490 e. The monoisotopic (exact) mass is 471 g/mol. The summed E-state index contributed by atoms with van der Waals surface area (Å²) in [4.78, 5) is 32.0. The molecule has 2 fully saturated rings. The number of amides is 2. The van der Waals surface area contributed by atoms with Crippen LogP contribution >= 0.6 is 0 Å². The van der Waals surface area contributed by atoms with Gasteiger partial charge in [0.15, 0.2) is 0 Å². The Kier molecular flexibility index (Phi) is 8.16. The highest BCUT2D eigenvalue weighted by Gasteiger charge is 2.35. The number of piperidine rings is 1. The number of likely N-dealkylation sites (N-methyl/N-ethyl adjacent to an activating group) is 1. The highest BCUT2D eigenvalue weighted by Crippen LogP contribution is 2.27. The van der Waals surface area contributed by atoms with Crippen molar-refractivity contribution in [1.82, 2.24) is 24.9 Å². The Labute approximate surface area is 200 Å². The lowest BCUT2D eigenvalue weighted by Crippen LogP contribution is -2.51. The van der Waals surface area contributed by atoms with Crippen molar-refractivity contribution in [2.75, 3.05) is 46.3 Å². The Hall–Kier alpha value is -2.94. The lowest BCUT2D eigenvalue weighted by molar-refractivity contribution is -0.140. The normalized spacial score (nSPS) is 21.5. The molecule has 0 unspecified atom stereocenters. The Morgan fingerprint density at radius 3 is 2.56 bits per heavy atom. The van der Waals surface area contributed by atoms with Crippen LogP contribution in [-0.2, 0) is 16.0 Å². The van der Waals surface area contributed by atoms with Gasteiger partial charge in [-0.25, -0.2) is 4.39 Å². The van der Waals surface area contributed by atoms with E-state index >= 15 is 0 Å². The average Bonchev–Trinajstić information content (AvgIpc) is 3.35. The molecule has 34 heavy (non-hydrogen) atoms. The van der Waals surface area contributed by atoms with Gasteiger partial charge in [-0.05, 0) is 49.7 Å². The van der Waals surface area contributed by atoms with Crippen molar-refractivity contribution in [3.63, 3.8) is 0 Å². The summed E-state index contributed by atoms with van der Waals surface area (Å²) in [5.74, 6) is 0.387. The zero-order chi connectivity index (χ0) is 23.9. The molecule has 0 spiro atoms. The number of aromatic nitrogens is 2. The lowest BCUT2D eigenvalue weighted by Gasteiger charge is -2.40. The van der Waals surface area contributed by atoms with Crippen molar-refractivity contribution in [2.24, 2.45) is 5.92 Å². The number of aromatic amines is 1. The topological polar surface area (TPSA) is 81.8 Å². The molecule has 0 radical (unpaired) electrons. The molecular weight excluding hydrogens is 437 g/mol. The second-order valence-electron chi connectivity index (χ2n) is 9.35. The van der Waals surface area contributed by atoms with Gasteiger partial charge in [0.1, 0.15) is 17.7 Å². The Balaban J connectivity index is 1.37. The minimum Gasteiger partial charge on any atom is -0.490 e. The van der Waals surface area contributed by atoms with E-state index in [4.69, 9.17) is 4.74 Å². The average molecular weight is 472 g/mol. The van der Waals surface area contributed by atoms with Crippen LogP contribution in [0.1, 0.15) is 31.2 Å². The van der Waals surface area contributed by atoms with E-state index in [2.05, 4.69) is 22.1 Å². The maximum atomic E-state index is 13.3. The first-order valence-electron chi connectivity index (χ1n) is 12.1. The Bertz CT molecular complexity index is 929. The van der Waals surface area contributed by atoms with Crippen molar-refractivity contribution < 1.29 is 18.7 Å². The molecule has 184 valence electrons.